The molecule has 1 amide bonds. The van der Waals surface area contributed by atoms with E-state index in [1.807, 2.05) is 29.2 Å². The zero-order valence-electron chi connectivity index (χ0n) is 17.5. The van der Waals surface area contributed by atoms with E-state index >= 15 is 0 Å². The topological polar surface area (TPSA) is 75.5 Å². The minimum absolute atomic E-state index is 0.0838. The number of amides is 1. The van der Waals surface area contributed by atoms with E-state index in [2.05, 4.69) is 23.5 Å². The van der Waals surface area contributed by atoms with Gasteiger partial charge in [0.2, 0.25) is 0 Å². The third-order valence-electron chi connectivity index (χ3n) is 6.97. The Kier molecular flexibility index (Phi) is 5.22. The molecule has 6 nitrogen and oxygen atoms in total. The summed E-state index contributed by atoms with van der Waals surface area (Å²) in [7, 11) is 0. The SMILES string of the molecule is O=C(c1ccc2c(c1)C1C=CCC1C(c1ccc([N+](=O)[O-])cc1)N2)N1CCCCCC1. The van der Waals surface area contributed by atoms with Gasteiger partial charge in [0.25, 0.3) is 11.6 Å². The van der Waals surface area contributed by atoms with Crippen LogP contribution in [0.2, 0.25) is 0 Å². The molecule has 1 aliphatic carbocycles. The van der Waals surface area contributed by atoms with E-state index in [0.29, 0.717) is 5.92 Å². The number of anilines is 1. The maximum Gasteiger partial charge on any atom is 0.269 e. The molecule has 3 atom stereocenters. The average molecular weight is 418 g/mol. The van der Waals surface area contributed by atoms with Gasteiger partial charge in [-0.2, -0.15) is 0 Å². The molecular weight excluding hydrogens is 390 g/mol. The van der Waals surface area contributed by atoms with E-state index in [0.717, 1.165) is 49.2 Å². The van der Waals surface area contributed by atoms with Crippen molar-refractivity contribution in [3.05, 3.63) is 81.4 Å². The summed E-state index contributed by atoms with van der Waals surface area (Å²) in [6.07, 6.45) is 10.00. The predicted octanol–water partition coefficient (Wildman–Crippen LogP) is 5.44. The smallest absolute Gasteiger partial charge is 0.269 e. The van der Waals surface area contributed by atoms with Gasteiger partial charge in [-0.3, -0.25) is 14.9 Å². The number of hydrogen-bond acceptors (Lipinski definition) is 4. The van der Waals surface area contributed by atoms with Crippen molar-refractivity contribution in [1.82, 2.24) is 4.90 Å². The number of non-ortho nitro benzene ring substituents is 1. The van der Waals surface area contributed by atoms with Crippen LogP contribution < -0.4 is 5.32 Å². The monoisotopic (exact) mass is 417 g/mol. The number of likely N-dealkylation sites (tertiary alicyclic amines) is 1. The van der Waals surface area contributed by atoms with E-state index in [-0.39, 0.29) is 28.5 Å². The van der Waals surface area contributed by atoms with Crippen LogP contribution in [-0.2, 0) is 0 Å². The molecule has 6 heteroatoms. The maximum atomic E-state index is 13.1. The second kappa shape index (κ2) is 8.17. The van der Waals surface area contributed by atoms with E-state index in [1.54, 1.807) is 12.1 Å². The third-order valence-corrected chi connectivity index (χ3v) is 6.97. The lowest BCUT2D eigenvalue weighted by molar-refractivity contribution is -0.384. The van der Waals surface area contributed by atoms with Crippen LogP contribution in [0.1, 0.15) is 65.5 Å². The van der Waals surface area contributed by atoms with Crippen LogP contribution in [0, 0.1) is 16.0 Å². The highest BCUT2D eigenvalue weighted by Gasteiger charge is 2.38. The standard InChI is InChI=1S/C25H27N3O3/c29-25(27-14-3-1-2-4-15-27)18-10-13-23-22(16-18)20-6-5-7-21(20)24(26-23)17-8-11-19(12-9-17)28(30)31/h5-6,8-13,16,20-21,24,26H,1-4,7,14-15H2. The number of carbonyl (C=O) groups excluding carboxylic acids is 1. The second-order valence-electron chi connectivity index (χ2n) is 8.83. The lowest BCUT2D eigenvalue weighted by atomic mass is 9.76. The van der Waals surface area contributed by atoms with E-state index in [4.69, 9.17) is 0 Å². The Hall–Kier alpha value is -3.15. The lowest BCUT2D eigenvalue weighted by Gasteiger charge is -2.37. The number of rotatable bonds is 3. The molecule has 2 heterocycles. The van der Waals surface area contributed by atoms with E-state index < -0.39 is 0 Å². The highest BCUT2D eigenvalue weighted by molar-refractivity contribution is 5.95. The molecule has 1 fully saturated rings. The fourth-order valence-electron chi connectivity index (χ4n) is 5.32. The molecule has 0 aromatic heterocycles. The largest absolute Gasteiger partial charge is 0.378 e. The van der Waals surface area contributed by atoms with Crippen molar-refractivity contribution in [2.75, 3.05) is 18.4 Å². The molecular formula is C25H27N3O3. The van der Waals surface area contributed by atoms with Crippen molar-refractivity contribution in [2.24, 2.45) is 5.92 Å². The maximum absolute atomic E-state index is 13.1. The zero-order valence-corrected chi connectivity index (χ0v) is 17.5. The Morgan fingerprint density at radius 1 is 1.03 bits per heavy atom. The Bertz CT molecular complexity index is 1020. The van der Waals surface area contributed by atoms with Gasteiger partial charge in [-0.15, -0.1) is 0 Å². The second-order valence-corrected chi connectivity index (χ2v) is 8.83. The molecule has 0 radical (unpaired) electrons. The van der Waals surface area contributed by atoms with Crippen LogP contribution in [0.25, 0.3) is 0 Å². The van der Waals surface area contributed by atoms with Gasteiger partial charge in [0.1, 0.15) is 0 Å². The molecule has 0 saturated carbocycles. The predicted molar refractivity (Wildman–Crippen MR) is 120 cm³/mol. The van der Waals surface area contributed by atoms with Crippen molar-refractivity contribution < 1.29 is 9.72 Å². The number of allylic oxidation sites excluding steroid dienone is 2. The number of carbonyl (C=O) groups is 1. The van der Waals surface area contributed by atoms with Crippen molar-refractivity contribution in [3.63, 3.8) is 0 Å². The Labute approximate surface area is 182 Å². The molecule has 3 unspecified atom stereocenters. The number of fused-ring (bicyclic) bond motifs is 3. The van der Waals surface area contributed by atoms with Crippen molar-refractivity contribution in [1.29, 1.82) is 0 Å². The van der Waals surface area contributed by atoms with Crippen LogP contribution in [0.5, 0.6) is 0 Å². The minimum atomic E-state index is -0.365. The number of hydrogen-bond donors (Lipinski definition) is 1. The first kappa shape index (κ1) is 19.8. The number of nitrogens with zero attached hydrogens (tertiary/aromatic N) is 2. The van der Waals surface area contributed by atoms with Gasteiger partial charge >= 0.3 is 0 Å². The van der Waals surface area contributed by atoms with E-state index in [9.17, 15) is 14.9 Å². The first-order valence-corrected chi connectivity index (χ1v) is 11.2. The molecule has 31 heavy (non-hydrogen) atoms. The van der Waals surface area contributed by atoms with Gasteiger partial charge in [0, 0.05) is 42.4 Å². The molecule has 3 aliphatic rings. The first-order valence-electron chi connectivity index (χ1n) is 11.2. The van der Waals surface area contributed by atoms with Crippen molar-refractivity contribution in [2.45, 2.75) is 44.1 Å². The number of nitrogens with one attached hydrogen (secondary N) is 1. The summed E-state index contributed by atoms with van der Waals surface area (Å²) in [5.41, 5.74) is 4.16. The average Bonchev–Trinajstić information content (AvgIpc) is 3.13. The summed E-state index contributed by atoms with van der Waals surface area (Å²) in [6, 6.07) is 13.0. The molecule has 5 rings (SSSR count). The zero-order chi connectivity index (χ0) is 21.4. The van der Waals surface area contributed by atoms with Crippen LogP contribution in [-0.4, -0.2) is 28.8 Å². The van der Waals surface area contributed by atoms with Gasteiger partial charge in [-0.25, -0.2) is 0 Å². The van der Waals surface area contributed by atoms with Crippen LogP contribution >= 0.6 is 0 Å². The summed E-state index contributed by atoms with van der Waals surface area (Å²) in [5.74, 6) is 0.714. The van der Waals surface area contributed by atoms with Gasteiger partial charge in [0.15, 0.2) is 0 Å². The van der Waals surface area contributed by atoms with Crippen LogP contribution in [0.3, 0.4) is 0 Å². The molecule has 1 saturated heterocycles. The lowest BCUT2D eigenvalue weighted by Crippen LogP contribution is -2.33. The summed E-state index contributed by atoms with van der Waals surface area (Å²) >= 11 is 0. The van der Waals surface area contributed by atoms with Crippen molar-refractivity contribution in [3.8, 4) is 0 Å². The van der Waals surface area contributed by atoms with E-state index in [1.165, 1.54) is 18.4 Å². The Morgan fingerprint density at radius 3 is 2.48 bits per heavy atom. The highest BCUT2D eigenvalue weighted by atomic mass is 16.6. The molecule has 2 aromatic rings. The van der Waals surface area contributed by atoms with Crippen molar-refractivity contribution >= 4 is 17.3 Å². The molecule has 0 spiro atoms. The van der Waals surface area contributed by atoms with Gasteiger partial charge in [-0.05, 0) is 54.5 Å². The molecule has 2 aromatic carbocycles. The van der Waals surface area contributed by atoms with Gasteiger partial charge in [-0.1, -0.05) is 37.1 Å². The Morgan fingerprint density at radius 2 is 1.77 bits per heavy atom. The fourth-order valence-corrected chi connectivity index (χ4v) is 5.32. The van der Waals surface area contributed by atoms with Crippen LogP contribution in [0.15, 0.2) is 54.6 Å². The number of nitro groups is 1. The third kappa shape index (κ3) is 3.71. The summed E-state index contributed by atoms with van der Waals surface area (Å²) < 4.78 is 0. The Balaban J connectivity index is 1.43. The summed E-state index contributed by atoms with van der Waals surface area (Å²) in [6.45, 7) is 1.70. The minimum Gasteiger partial charge on any atom is -0.378 e. The van der Waals surface area contributed by atoms with Gasteiger partial charge in [0.05, 0.1) is 11.0 Å². The number of benzene rings is 2. The quantitative estimate of drug-likeness (QED) is 0.410. The molecule has 0 bridgehead atoms. The summed E-state index contributed by atoms with van der Waals surface area (Å²) in [5, 5.41) is 14.7. The highest BCUT2D eigenvalue weighted by Crippen LogP contribution is 2.50. The normalized spacial score (nSPS) is 24.6. The summed E-state index contributed by atoms with van der Waals surface area (Å²) in [4.78, 5) is 25.8. The molecule has 1 N–H and O–H groups in total. The molecule has 2 aliphatic heterocycles. The fraction of sp³-hybridized carbons (Fsp3) is 0.400. The first-order chi connectivity index (χ1) is 15.1. The van der Waals surface area contributed by atoms with Crippen LogP contribution in [0.4, 0.5) is 11.4 Å². The molecule has 160 valence electrons. The number of nitro benzene ring substituents is 1. The van der Waals surface area contributed by atoms with Gasteiger partial charge < -0.3 is 10.2 Å².